The maximum atomic E-state index is 13.6. The van der Waals surface area contributed by atoms with Gasteiger partial charge in [-0.1, -0.05) is 0 Å². The molecular formula is C18H20F2N2OS. The van der Waals surface area contributed by atoms with E-state index in [0.717, 1.165) is 44.6 Å². The molecule has 3 rings (SSSR count). The van der Waals surface area contributed by atoms with Crippen LogP contribution in [0.25, 0.3) is 0 Å². The van der Waals surface area contributed by atoms with Gasteiger partial charge in [-0.15, -0.1) is 0 Å². The first-order valence-corrected chi connectivity index (χ1v) is 9.03. The number of piperidine rings is 1. The maximum Gasteiger partial charge on any atom is 0.254 e. The molecule has 2 heterocycles. The van der Waals surface area contributed by atoms with Crippen molar-refractivity contribution in [3.05, 3.63) is 57.8 Å². The van der Waals surface area contributed by atoms with Gasteiger partial charge in [0, 0.05) is 19.2 Å². The van der Waals surface area contributed by atoms with Crippen molar-refractivity contribution in [2.24, 2.45) is 5.92 Å². The number of carbonyl (C=O) groups excluding carboxylic acids is 1. The van der Waals surface area contributed by atoms with E-state index in [1.807, 2.05) is 0 Å². The molecule has 1 amide bonds. The lowest BCUT2D eigenvalue weighted by molar-refractivity contribution is 0.0931. The summed E-state index contributed by atoms with van der Waals surface area (Å²) in [6, 6.07) is 5.16. The predicted molar refractivity (Wildman–Crippen MR) is 91.0 cm³/mol. The van der Waals surface area contributed by atoms with E-state index in [1.165, 1.54) is 11.6 Å². The van der Waals surface area contributed by atoms with Crippen LogP contribution >= 0.6 is 11.3 Å². The minimum Gasteiger partial charge on any atom is -0.352 e. The van der Waals surface area contributed by atoms with Crippen LogP contribution in [0.3, 0.4) is 0 Å². The van der Waals surface area contributed by atoms with Crippen LogP contribution in [-0.4, -0.2) is 30.4 Å². The topological polar surface area (TPSA) is 32.3 Å². The quantitative estimate of drug-likeness (QED) is 0.892. The third kappa shape index (κ3) is 4.39. The number of hydrogen-bond acceptors (Lipinski definition) is 3. The Morgan fingerprint density at radius 3 is 2.71 bits per heavy atom. The number of halogens is 2. The van der Waals surface area contributed by atoms with Gasteiger partial charge >= 0.3 is 0 Å². The number of thiophene rings is 1. The Balaban J connectivity index is 1.44. The molecule has 1 aliphatic rings. The molecule has 0 spiro atoms. The van der Waals surface area contributed by atoms with Gasteiger partial charge in [0.25, 0.3) is 5.91 Å². The van der Waals surface area contributed by atoms with Gasteiger partial charge in [-0.2, -0.15) is 11.3 Å². The van der Waals surface area contributed by atoms with Gasteiger partial charge in [-0.3, -0.25) is 9.69 Å². The van der Waals surface area contributed by atoms with Gasteiger partial charge in [0.15, 0.2) is 0 Å². The van der Waals surface area contributed by atoms with Gasteiger partial charge in [0.2, 0.25) is 0 Å². The van der Waals surface area contributed by atoms with E-state index in [9.17, 15) is 13.6 Å². The Kier molecular flexibility index (Phi) is 5.58. The second-order valence-corrected chi connectivity index (χ2v) is 6.97. The molecule has 0 saturated carbocycles. The zero-order valence-corrected chi connectivity index (χ0v) is 14.1. The minimum absolute atomic E-state index is 0.105. The van der Waals surface area contributed by atoms with Gasteiger partial charge in [0.1, 0.15) is 11.6 Å². The number of benzene rings is 1. The number of carbonyl (C=O) groups is 1. The average molecular weight is 350 g/mol. The monoisotopic (exact) mass is 350 g/mol. The molecule has 6 heteroatoms. The summed E-state index contributed by atoms with van der Waals surface area (Å²) in [5.74, 6) is -1.58. The van der Waals surface area contributed by atoms with E-state index in [1.54, 1.807) is 11.3 Å². The first-order chi connectivity index (χ1) is 11.6. The lowest BCUT2D eigenvalue weighted by Gasteiger charge is -2.31. The Morgan fingerprint density at radius 2 is 2.04 bits per heavy atom. The Labute approximate surface area is 144 Å². The number of nitrogens with one attached hydrogen (secondary N) is 1. The van der Waals surface area contributed by atoms with Crippen LogP contribution in [0.4, 0.5) is 8.78 Å². The van der Waals surface area contributed by atoms with Crippen molar-refractivity contribution in [1.82, 2.24) is 10.2 Å². The molecule has 0 aliphatic carbocycles. The van der Waals surface area contributed by atoms with Crippen LogP contribution in [0, 0.1) is 17.6 Å². The second kappa shape index (κ2) is 7.85. The summed E-state index contributed by atoms with van der Waals surface area (Å²) in [7, 11) is 0. The number of nitrogens with zero attached hydrogens (tertiary/aromatic N) is 1. The zero-order valence-electron chi connectivity index (χ0n) is 13.3. The molecule has 3 nitrogen and oxygen atoms in total. The molecule has 1 aromatic heterocycles. The smallest absolute Gasteiger partial charge is 0.254 e. The summed E-state index contributed by atoms with van der Waals surface area (Å²) in [5.41, 5.74) is 1.24. The second-order valence-electron chi connectivity index (χ2n) is 6.19. The average Bonchev–Trinajstić information content (AvgIpc) is 3.07. The largest absolute Gasteiger partial charge is 0.352 e. The van der Waals surface area contributed by atoms with Crippen molar-refractivity contribution in [3.63, 3.8) is 0 Å². The summed E-state index contributed by atoms with van der Waals surface area (Å²) in [6.07, 6.45) is 2.02. The molecule has 0 atom stereocenters. The molecule has 128 valence electrons. The van der Waals surface area contributed by atoms with Crippen LogP contribution in [0.5, 0.6) is 0 Å². The number of hydrogen-bond donors (Lipinski definition) is 1. The molecule has 0 radical (unpaired) electrons. The van der Waals surface area contributed by atoms with Gasteiger partial charge in [0.05, 0.1) is 5.56 Å². The standard InChI is InChI=1S/C18H20F2N2OS/c19-15-1-2-16(17(20)9-15)18(23)21-10-13-3-6-22(7-4-13)11-14-5-8-24-12-14/h1-2,5,8-9,12-13H,3-4,6-7,10-11H2,(H,21,23). The van der Waals surface area contributed by atoms with E-state index in [4.69, 9.17) is 0 Å². The molecule has 0 bridgehead atoms. The van der Waals surface area contributed by atoms with Crippen molar-refractivity contribution in [2.45, 2.75) is 19.4 Å². The number of amides is 1. The lowest BCUT2D eigenvalue weighted by Crippen LogP contribution is -2.38. The first-order valence-electron chi connectivity index (χ1n) is 8.08. The van der Waals surface area contributed by atoms with E-state index in [-0.39, 0.29) is 5.56 Å². The summed E-state index contributed by atoms with van der Waals surface area (Å²) in [4.78, 5) is 14.4. The predicted octanol–water partition coefficient (Wildman–Crippen LogP) is 3.67. The van der Waals surface area contributed by atoms with Crippen LogP contribution in [0.15, 0.2) is 35.0 Å². The van der Waals surface area contributed by atoms with Gasteiger partial charge in [-0.05, 0) is 66.4 Å². The van der Waals surface area contributed by atoms with Crippen LogP contribution in [0.2, 0.25) is 0 Å². The maximum absolute atomic E-state index is 13.6. The molecule has 0 unspecified atom stereocenters. The zero-order chi connectivity index (χ0) is 16.9. The highest BCUT2D eigenvalue weighted by Gasteiger charge is 2.20. The summed E-state index contributed by atoms with van der Waals surface area (Å²) in [5, 5.41) is 7.03. The molecule has 1 saturated heterocycles. The highest BCUT2D eigenvalue weighted by molar-refractivity contribution is 7.07. The molecule has 2 aromatic rings. The van der Waals surface area contributed by atoms with Gasteiger partial charge in [-0.25, -0.2) is 8.78 Å². The molecule has 1 N–H and O–H groups in total. The highest BCUT2D eigenvalue weighted by Crippen LogP contribution is 2.19. The summed E-state index contributed by atoms with van der Waals surface area (Å²) in [6.45, 7) is 3.51. The summed E-state index contributed by atoms with van der Waals surface area (Å²) < 4.78 is 26.5. The van der Waals surface area contributed by atoms with Crippen LogP contribution in [-0.2, 0) is 6.54 Å². The van der Waals surface area contributed by atoms with E-state index in [0.29, 0.717) is 12.5 Å². The Morgan fingerprint density at radius 1 is 1.25 bits per heavy atom. The molecule has 1 fully saturated rings. The van der Waals surface area contributed by atoms with Gasteiger partial charge < -0.3 is 5.32 Å². The van der Waals surface area contributed by atoms with Crippen molar-refractivity contribution < 1.29 is 13.6 Å². The Bertz CT molecular complexity index is 682. The van der Waals surface area contributed by atoms with Crippen LogP contribution < -0.4 is 5.32 Å². The van der Waals surface area contributed by atoms with Crippen molar-refractivity contribution in [3.8, 4) is 0 Å². The third-order valence-corrected chi connectivity index (χ3v) is 5.15. The van der Waals surface area contributed by atoms with E-state index >= 15 is 0 Å². The number of likely N-dealkylation sites (tertiary alicyclic amines) is 1. The SMILES string of the molecule is O=C(NCC1CCN(Cc2ccsc2)CC1)c1ccc(F)cc1F. The van der Waals surface area contributed by atoms with Crippen LogP contribution in [0.1, 0.15) is 28.8 Å². The Hall–Kier alpha value is -1.79. The van der Waals surface area contributed by atoms with Crippen molar-refractivity contribution >= 4 is 17.2 Å². The minimum atomic E-state index is -0.821. The van der Waals surface area contributed by atoms with Crippen molar-refractivity contribution in [2.75, 3.05) is 19.6 Å². The fraction of sp³-hybridized carbons (Fsp3) is 0.389. The van der Waals surface area contributed by atoms with Crippen molar-refractivity contribution in [1.29, 1.82) is 0 Å². The fourth-order valence-electron chi connectivity index (χ4n) is 3.00. The highest BCUT2D eigenvalue weighted by atomic mass is 32.1. The number of rotatable bonds is 5. The molecule has 24 heavy (non-hydrogen) atoms. The lowest BCUT2D eigenvalue weighted by atomic mass is 9.96. The van der Waals surface area contributed by atoms with E-state index in [2.05, 4.69) is 27.0 Å². The normalized spacial score (nSPS) is 16.2. The molecular weight excluding hydrogens is 330 g/mol. The third-order valence-electron chi connectivity index (χ3n) is 4.42. The molecule has 1 aromatic carbocycles. The van der Waals surface area contributed by atoms with E-state index < -0.39 is 17.5 Å². The summed E-state index contributed by atoms with van der Waals surface area (Å²) >= 11 is 1.71. The fourth-order valence-corrected chi connectivity index (χ4v) is 3.66. The first kappa shape index (κ1) is 17.0. The molecule has 1 aliphatic heterocycles.